The van der Waals surface area contributed by atoms with Gasteiger partial charge in [-0.2, -0.15) is 0 Å². The number of carbonyl (C=O) groups excluding carboxylic acids is 1. The van der Waals surface area contributed by atoms with Gasteiger partial charge in [0.15, 0.2) is 0 Å². The first kappa shape index (κ1) is 24.3. The summed E-state index contributed by atoms with van der Waals surface area (Å²) in [6.45, 7) is 2.52. The summed E-state index contributed by atoms with van der Waals surface area (Å²) in [5.74, 6) is -0.361. The highest BCUT2D eigenvalue weighted by atomic mass is 79.9. The molecule has 0 spiro atoms. The third-order valence-corrected chi connectivity index (χ3v) is 6.61. The average Bonchev–Trinajstić information content (AvgIpc) is 3.12. The van der Waals surface area contributed by atoms with E-state index in [9.17, 15) is 14.7 Å². The van der Waals surface area contributed by atoms with Gasteiger partial charge >= 0.3 is 5.97 Å². The lowest BCUT2D eigenvalue weighted by atomic mass is 9.91. The zero-order chi connectivity index (χ0) is 24.3. The van der Waals surface area contributed by atoms with Crippen molar-refractivity contribution in [3.8, 4) is 5.75 Å². The maximum atomic E-state index is 13.4. The number of aliphatic carboxylic acids is 1. The molecule has 1 aliphatic heterocycles. The molecule has 0 saturated carbocycles. The molecule has 7 heteroatoms. The Labute approximate surface area is 212 Å². The number of nitrogens with zero attached hydrogens (tertiary/aromatic N) is 1. The number of carboxylic acids is 1. The van der Waals surface area contributed by atoms with E-state index in [1.165, 1.54) is 0 Å². The van der Waals surface area contributed by atoms with Gasteiger partial charge in [0.2, 0.25) is 0 Å². The highest BCUT2D eigenvalue weighted by Crippen LogP contribution is 2.38. The van der Waals surface area contributed by atoms with E-state index >= 15 is 0 Å². The van der Waals surface area contributed by atoms with Crippen molar-refractivity contribution >= 4 is 39.4 Å². The van der Waals surface area contributed by atoms with Crippen LogP contribution in [0.25, 0.3) is 0 Å². The van der Waals surface area contributed by atoms with Crippen LogP contribution < -0.4 is 4.74 Å². The summed E-state index contributed by atoms with van der Waals surface area (Å²) in [6.07, 6.45) is 1.27. The second-order valence-corrected chi connectivity index (χ2v) is 10.2. The highest BCUT2D eigenvalue weighted by Gasteiger charge is 2.35. The van der Waals surface area contributed by atoms with Gasteiger partial charge in [0.05, 0.1) is 6.42 Å². The minimum absolute atomic E-state index is 0.118. The predicted octanol–water partition coefficient (Wildman–Crippen LogP) is 6.16. The molecule has 1 aliphatic rings. The van der Waals surface area contributed by atoms with Crippen LogP contribution in [0, 0.1) is 0 Å². The first-order valence-corrected chi connectivity index (χ1v) is 12.2. The van der Waals surface area contributed by atoms with Gasteiger partial charge in [-0.25, -0.2) is 0 Å². The van der Waals surface area contributed by atoms with Crippen molar-refractivity contribution in [3.05, 3.63) is 98.5 Å². The van der Waals surface area contributed by atoms with Gasteiger partial charge in [0.25, 0.3) is 5.91 Å². The minimum Gasteiger partial charge on any atom is -0.487 e. The number of benzene rings is 3. The van der Waals surface area contributed by atoms with Gasteiger partial charge in [-0.3, -0.25) is 9.59 Å². The number of carboxylic acid groups (broad SMARTS) is 1. The van der Waals surface area contributed by atoms with E-state index in [0.29, 0.717) is 23.6 Å². The molecule has 0 aromatic heterocycles. The Bertz CT molecular complexity index is 1210. The second kappa shape index (κ2) is 10.2. The summed E-state index contributed by atoms with van der Waals surface area (Å²) in [6, 6.07) is 20.9. The zero-order valence-corrected chi connectivity index (χ0v) is 21.1. The van der Waals surface area contributed by atoms with Crippen LogP contribution in [0.2, 0.25) is 5.02 Å². The van der Waals surface area contributed by atoms with E-state index in [1.54, 1.807) is 11.0 Å². The second-order valence-electron chi connectivity index (χ2n) is 8.85. The molecule has 1 amide bonds. The van der Waals surface area contributed by atoms with E-state index in [2.05, 4.69) is 22.9 Å². The topological polar surface area (TPSA) is 66.8 Å². The number of amides is 1. The summed E-state index contributed by atoms with van der Waals surface area (Å²) in [5, 5.41) is 9.87. The van der Waals surface area contributed by atoms with Gasteiger partial charge in [0, 0.05) is 41.0 Å². The summed E-state index contributed by atoms with van der Waals surface area (Å²) in [5.41, 5.74) is 3.14. The number of halogens is 2. The van der Waals surface area contributed by atoms with Gasteiger partial charge in [-0.15, -0.1) is 0 Å². The van der Waals surface area contributed by atoms with Crippen molar-refractivity contribution in [2.45, 2.75) is 38.3 Å². The monoisotopic (exact) mass is 541 g/mol. The van der Waals surface area contributed by atoms with Gasteiger partial charge in [-0.05, 0) is 66.1 Å². The summed E-state index contributed by atoms with van der Waals surface area (Å²) < 4.78 is 7.18. The third-order valence-electron chi connectivity index (χ3n) is 5.86. The van der Waals surface area contributed by atoms with Crippen LogP contribution in [-0.4, -0.2) is 34.0 Å². The van der Waals surface area contributed by atoms with Crippen LogP contribution in [0.1, 0.15) is 40.4 Å². The Morgan fingerprint density at radius 2 is 1.85 bits per heavy atom. The highest BCUT2D eigenvalue weighted by molar-refractivity contribution is 9.10. The first-order chi connectivity index (χ1) is 16.2. The fourth-order valence-electron chi connectivity index (χ4n) is 4.31. The number of carbonyl (C=O) groups is 2. The van der Waals surface area contributed by atoms with Crippen LogP contribution in [0.15, 0.2) is 71.2 Å². The van der Waals surface area contributed by atoms with Crippen LogP contribution in [0.5, 0.6) is 5.75 Å². The van der Waals surface area contributed by atoms with Gasteiger partial charge < -0.3 is 14.7 Å². The fraction of sp³-hybridized carbons (Fsp3) is 0.259. The van der Waals surface area contributed by atoms with Crippen molar-refractivity contribution in [1.82, 2.24) is 4.90 Å². The van der Waals surface area contributed by atoms with Crippen molar-refractivity contribution in [2.75, 3.05) is 6.54 Å². The fourth-order valence-corrected chi connectivity index (χ4v) is 4.88. The Morgan fingerprint density at radius 3 is 2.56 bits per heavy atom. The predicted molar refractivity (Wildman–Crippen MR) is 135 cm³/mol. The molecular formula is C27H25BrClNO4. The molecule has 1 N–H and O–H groups in total. The lowest BCUT2D eigenvalue weighted by Crippen LogP contribution is -2.33. The quantitative estimate of drug-likeness (QED) is 0.370. The van der Waals surface area contributed by atoms with Crippen molar-refractivity contribution in [3.63, 3.8) is 0 Å². The Morgan fingerprint density at radius 1 is 1.09 bits per heavy atom. The maximum absolute atomic E-state index is 13.4. The molecule has 4 rings (SSSR count). The van der Waals surface area contributed by atoms with Gasteiger partial charge in [-0.1, -0.05) is 51.8 Å². The molecule has 0 bridgehead atoms. The molecular weight excluding hydrogens is 518 g/mol. The first-order valence-electron chi connectivity index (χ1n) is 11.0. The molecule has 0 saturated heterocycles. The molecule has 0 unspecified atom stereocenters. The van der Waals surface area contributed by atoms with Crippen molar-refractivity contribution < 1.29 is 19.4 Å². The maximum Gasteiger partial charge on any atom is 0.305 e. The molecule has 3 aromatic carbocycles. The standard InChI is InChI=1S/C27H25BrClNO4/c1-27(15-18-5-8-23(29)9-6-18)16-21-14-20(7-10-24(21)34-27)26(33)30(12-11-25(31)32)17-19-3-2-4-22(28)13-19/h2-10,13-14H,11-12,15-17H2,1H3,(H,31,32)/t27-/m0/s1. The van der Waals surface area contributed by atoms with Crippen LogP contribution >= 0.6 is 27.5 Å². The Kier molecular flexibility index (Phi) is 7.29. The third kappa shape index (κ3) is 5.99. The molecule has 1 heterocycles. The SMILES string of the molecule is C[C@]1(Cc2ccc(Cl)cc2)Cc2cc(C(=O)N(CCC(=O)O)Cc3cccc(Br)c3)ccc2O1. The Balaban J connectivity index is 1.52. The molecule has 0 fully saturated rings. The average molecular weight is 543 g/mol. The summed E-state index contributed by atoms with van der Waals surface area (Å²) >= 11 is 9.45. The van der Waals surface area contributed by atoms with E-state index < -0.39 is 11.6 Å². The van der Waals surface area contributed by atoms with E-state index in [1.807, 2.05) is 60.7 Å². The number of hydrogen-bond acceptors (Lipinski definition) is 3. The Hall–Kier alpha value is -2.83. The van der Waals surface area contributed by atoms with E-state index in [4.69, 9.17) is 16.3 Å². The van der Waals surface area contributed by atoms with Crippen LogP contribution in [0.4, 0.5) is 0 Å². The molecule has 34 heavy (non-hydrogen) atoms. The van der Waals surface area contributed by atoms with Crippen molar-refractivity contribution in [2.24, 2.45) is 0 Å². The molecule has 1 atom stereocenters. The molecule has 0 radical (unpaired) electrons. The largest absolute Gasteiger partial charge is 0.487 e. The number of fused-ring (bicyclic) bond motifs is 1. The lowest BCUT2D eigenvalue weighted by Gasteiger charge is -2.24. The van der Waals surface area contributed by atoms with Crippen LogP contribution in [0.3, 0.4) is 0 Å². The molecule has 5 nitrogen and oxygen atoms in total. The molecule has 3 aromatic rings. The number of rotatable bonds is 8. The van der Waals surface area contributed by atoms with E-state index in [-0.39, 0.29) is 18.9 Å². The summed E-state index contributed by atoms with van der Waals surface area (Å²) in [4.78, 5) is 26.2. The lowest BCUT2D eigenvalue weighted by molar-refractivity contribution is -0.137. The summed E-state index contributed by atoms with van der Waals surface area (Å²) in [7, 11) is 0. The molecule has 176 valence electrons. The zero-order valence-electron chi connectivity index (χ0n) is 18.8. The van der Waals surface area contributed by atoms with Gasteiger partial charge in [0.1, 0.15) is 11.4 Å². The smallest absolute Gasteiger partial charge is 0.305 e. The minimum atomic E-state index is -0.938. The van der Waals surface area contributed by atoms with E-state index in [0.717, 1.165) is 33.3 Å². The van der Waals surface area contributed by atoms with Crippen molar-refractivity contribution in [1.29, 1.82) is 0 Å². The van der Waals surface area contributed by atoms with Crippen LogP contribution in [-0.2, 0) is 24.2 Å². The normalized spacial score (nSPS) is 16.6. The number of ether oxygens (including phenoxy) is 1. The molecule has 0 aliphatic carbocycles. The number of hydrogen-bond donors (Lipinski definition) is 1.